The van der Waals surface area contributed by atoms with Gasteiger partial charge in [-0.3, -0.25) is 0 Å². The van der Waals surface area contributed by atoms with Crippen molar-refractivity contribution in [3.8, 4) is 0 Å². The maximum atomic E-state index is 9.65. The van der Waals surface area contributed by atoms with Crippen LogP contribution in [0.25, 0.3) is 0 Å². The van der Waals surface area contributed by atoms with Gasteiger partial charge in [0.1, 0.15) is 0 Å². The average molecular weight is 342 g/mol. The summed E-state index contributed by atoms with van der Waals surface area (Å²) in [6, 6.07) is -1.85. The van der Waals surface area contributed by atoms with Crippen LogP contribution < -0.4 is 21.7 Å². The normalized spacial score (nSPS) is 11.8. The molecule has 0 rings (SSSR count). The minimum Gasteiger partial charge on any atom is -0.548 e. The standard InChI is InChI=1S/2C3H7NO2S.ClH.Zn/c2*4-2(1-7)3(5)6;;/h2*2,7H,1,4H2,(H,5,6);1H;/q;;;+2/p-2. The number of hydrogen-bond acceptors (Lipinski definition) is 8. The Labute approximate surface area is 124 Å². The summed E-state index contributed by atoms with van der Waals surface area (Å²) in [6.45, 7) is 0. The first kappa shape index (κ1) is 25.4. The van der Waals surface area contributed by atoms with Crippen LogP contribution in [-0.4, -0.2) is 35.5 Å². The second-order valence-corrected chi connectivity index (χ2v) is 2.95. The van der Waals surface area contributed by atoms with Gasteiger partial charge in [0.05, 0.1) is 24.0 Å². The summed E-state index contributed by atoms with van der Waals surface area (Å²) in [4.78, 5) is 19.3. The van der Waals surface area contributed by atoms with E-state index in [9.17, 15) is 19.8 Å². The third kappa shape index (κ3) is 16.9. The zero-order chi connectivity index (χ0) is 11.7. The maximum Gasteiger partial charge on any atom is 2.00 e. The molecule has 16 heavy (non-hydrogen) atoms. The topological polar surface area (TPSA) is 132 Å². The van der Waals surface area contributed by atoms with E-state index in [0.29, 0.717) is 0 Å². The molecular weight excluding hydrogens is 329 g/mol. The maximum absolute atomic E-state index is 9.65. The van der Waals surface area contributed by atoms with Crippen molar-refractivity contribution in [3.05, 3.63) is 0 Å². The Morgan fingerprint density at radius 3 is 1.19 bits per heavy atom. The van der Waals surface area contributed by atoms with Crippen LogP contribution in [0.2, 0.25) is 0 Å². The molecule has 0 saturated carbocycles. The number of carboxylic acids is 2. The van der Waals surface area contributed by atoms with Crippen molar-refractivity contribution < 1.29 is 39.3 Å². The van der Waals surface area contributed by atoms with E-state index in [0.717, 1.165) is 0 Å². The molecule has 0 saturated heterocycles. The van der Waals surface area contributed by atoms with Crippen LogP contribution in [0.4, 0.5) is 0 Å². The second kappa shape index (κ2) is 15.5. The Balaban J connectivity index is -0.0000000800. The van der Waals surface area contributed by atoms with Gasteiger partial charge in [0, 0.05) is 11.5 Å². The van der Waals surface area contributed by atoms with Crippen molar-refractivity contribution in [2.75, 3.05) is 11.5 Å². The molecule has 4 N–H and O–H groups in total. The Kier molecular flexibility index (Phi) is 24.5. The molecule has 0 spiro atoms. The van der Waals surface area contributed by atoms with Gasteiger partial charge in [-0.05, 0) is 0 Å². The van der Waals surface area contributed by atoms with Gasteiger partial charge >= 0.3 is 19.5 Å². The van der Waals surface area contributed by atoms with E-state index >= 15 is 0 Å². The SMILES string of the molecule is Cl.NC(CS)C(=O)[O-].NC(CS)C(=O)[O-].[Zn+2]. The molecule has 10 heteroatoms. The molecule has 0 aromatic carbocycles. The number of thiol groups is 2. The van der Waals surface area contributed by atoms with Gasteiger partial charge in [0.25, 0.3) is 0 Å². The molecule has 92 valence electrons. The summed E-state index contributed by atoms with van der Waals surface area (Å²) in [7, 11) is 0. The monoisotopic (exact) mass is 340 g/mol. The largest absolute Gasteiger partial charge is 2.00 e. The van der Waals surface area contributed by atoms with E-state index in [2.05, 4.69) is 25.3 Å². The molecule has 2 unspecified atom stereocenters. The molecule has 6 nitrogen and oxygen atoms in total. The van der Waals surface area contributed by atoms with E-state index < -0.39 is 24.0 Å². The Morgan fingerprint density at radius 2 is 1.19 bits per heavy atom. The summed E-state index contributed by atoms with van der Waals surface area (Å²) in [5, 5.41) is 19.3. The van der Waals surface area contributed by atoms with Gasteiger partial charge in [-0.15, -0.1) is 12.4 Å². The summed E-state index contributed by atoms with van der Waals surface area (Å²) < 4.78 is 0. The van der Waals surface area contributed by atoms with Crippen LogP contribution in [0.1, 0.15) is 0 Å². The predicted octanol–water partition coefficient (Wildman–Crippen LogP) is -3.59. The summed E-state index contributed by atoms with van der Waals surface area (Å²) in [6.07, 6.45) is 0. The van der Waals surface area contributed by atoms with E-state index in [1.165, 1.54) is 0 Å². The first-order valence-electron chi connectivity index (χ1n) is 3.51. The molecule has 0 bridgehead atoms. The number of carbonyl (C=O) groups is 2. The Bertz CT molecular complexity index is 181. The third-order valence-electron chi connectivity index (χ3n) is 0.999. The van der Waals surface area contributed by atoms with Gasteiger partial charge in [0.15, 0.2) is 0 Å². The van der Waals surface area contributed by atoms with Crippen LogP contribution in [-0.2, 0) is 29.1 Å². The summed E-state index contributed by atoms with van der Waals surface area (Å²) in [5.41, 5.74) is 9.75. The molecule has 0 aliphatic heterocycles. The van der Waals surface area contributed by atoms with Crippen molar-refractivity contribution in [1.29, 1.82) is 0 Å². The fourth-order valence-corrected chi connectivity index (χ4v) is 0.447. The van der Waals surface area contributed by atoms with Crippen LogP contribution >= 0.6 is 37.7 Å². The van der Waals surface area contributed by atoms with Crippen molar-refractivity contribution in [2.24, 2.45) is 11.5 Å². The van der Waals surface area contributed by atoms with Gasteiger partial charge in [0.2, 0.25) is 0 Å². The van der Waals surface area contributed by atoms with Crippen LogP contribution in [0.15, 0.2) is 0 Å². The number of carboxylic acid groups (broad SMARTS) is 2. The Morgan fingerprint density at radius 1 is 1.00 bits per heavy atom. The number of nitrogens with two attached hydrogens (primary N) is 2. The minimum atomic E-state index is -1.25. The van der Waals surface area contributed by atoms with Gasteiger partial charge in [-0.25, -0.2) is 0 Å². The van der Waals surface area contributed by atoms with Crippen LogP contribution in [0, 0.1) is 0 Å². The van der Waals surface area contributed by atoms with Crippen LogP contribution in [0.3, 0.4) is 0 Å². The van der Waals surface area contributed by atoms with Crippen LogP contribution in [0.5, 0.6) is 0 Å². The zero-order valence-corrected chi connectivity index (χ0v) is 13.9. The molecule has 0 aliphatic carbocycles. The molecule has 0 aromatic rings. The van der Waals surface area contributed by atoms with E-state index in [4.69, 9.17) is 11.5 Å². The molecule has 2 atom stereocenters. The van der Waals surface area contributed by atoms with Gasteiger partial charge in [-0.1, -0.05) is 0 Å². The van der Waals surface area contributed by atoms with Crippen molar-refractivity contribution in [2.45, 2.75) is 12.1 Å². The average Bonchev–Trinajstić information content (AvgIpc) is 2.15. The third-order valence-corrected chi connectivity index (χ3v) is 1.79. The molecule has 0 amide bonds. The first-order valence-corrected chi connectivity index (χ1v) is 4.77. The molecule has 0 fully saturated rings. The quantitative estimate of drug-likeness (QED) is 0.308. The van der Waals surface area contributed by atoms with Crippen molar-refractivity contribution >= 4 is 49.6 Å². The number of carbonyl (C=O) groups excluding carboxylic acids is 2. The number of hydrogen-bond donors (Lipinski definition) is 4. The fraction of sp³-hybridized carbons (Fsp3) is 0.667. The van der Waals surface area contributed by atoms with Crippen molar-refractivity contribution in [1.82, 2.24) is 0 Å². The summed E-state index contributed by atoms with van der Waals surface area (Å²) >= 11 is 7.22. The number of aliphatic carboxylic acids is 2. The van der Waals surface area contributed by atoms with Gasteiger partial charge < -0.3 is 31.3 Å². The minimum absolute atomic E-state index is 0. The van der Waals surface area contributed by atoms with Crippen molar-refractivity contribution in [3.63, 3.8) is 0 Å². The first-order chi connectivity index (χ1) is 6.36. The Hall–Kier alpha value is 0.473. The molecule has 0 heterocycles. The fourth-order valence-electron chi connectivity index (χ4n) is 0.149. The molecule has 0 aromatic heterocycles. The summed E-state index contributed by atoms with van der Waals surface area (Å²) in [5.74, 6) is -2.25. The second-order valence-electron chi connectivity index (χ2n) is 2.22. The number of rotatable bonds is 4. The van der Waals surface area contributed by atoms with Gasteiger partial charge in [-0.2, -0.15) is 25.3 Å². The molecule has 0 aliphatic rings. The smallest absolute Gasteiger partial charge is 0.548 e. The molecular formula is C6H13ClN2O4S2Zn. The van der Waals surface area contributed by atoms with E-state index in [-0.39, 0.29) is 43.4 Å². The molecule has 0 radical (unpaired) electrons. The number of halogens is 1. The zero-order valence-electron chi connectivity index (χ0n) is 8.37. The van der Waals surface area contributed by atoms with E-state index in [1.54, 1.807) is 0 Å². The van der Waals surface area contributed by atoms with E-state index in [1.807, 2.05) is 0 Å². The predicted molar refractivity (Wildman–Crippen MR) is 60.9 cm³/mol.